The summed E-state index contributed by atoms with van der Waals surface area (Å²) in [5.41, 5.74) is 9.17. The molecule has 0 spiro atoms. The third-order valence-electron chi connectivity index (χ3n) is 5.63. The van der Waals surface area contributed by atoms with E-state index >= 15 is 0 Å². The van der Waals surface area contributed by atoms with Gasteiger partial charge in [-0.15, -0.1) is 0 Å². The fourth-order valence-electron chi connectivity index (χ4n) is 4.07. The number of hydrogen-bond donors (Lipinski definition) is 1. The van der Waals surface area contributed by atoms with Crippen molar-refractivity contribution in [2.75, 3.05) is 31.2 Å². The monoisotopic (exact) mass is 431 g/mol. The Morgan fingerprint density at radius 3 is 2.53 bits per heavy atom. The number of nitrogens with zero attached hydrogens (tertiary/aromatic N) is 6. The Balaban J connectivity index is 1.70. The third-order valence-corrected chi connectivity index (χ3v) is 5.63. The molecular formula is C23H25N7O2. The minimum atomic E-state index is -0.556. The normalized spacial score (nSPS) is 14.4. The van der Waals surface area contributed by atoms with E-state index in [0.29, 0.717) is 24.7 Å². The lowest BCUT2D eigenvalue weighted by Gasteiger charge is -2.29. The summed E-state index contributed by atoms with van der Waals surface area (Å²) in [4.78, 5) is 19.2. The number of aromatic nitrogens is 5. The maximum absolute atomic E-state index is 12.2. The molecule has 9 heteroatoms. The van der Waals surface area contributed by atoms with Crippen molar-refractivity contribution in [3.8, 4) is 17.1 Å². The molecular weight excluding hydrogens is 406 g/mol. The molecule has 4 heterocycles. The predicted molar refractivity (Wildman–Crippen MR) is 121 cm³/mol. The van der Waals surface area contributed by atoms with Crippen LogP contribution in [0, 0.1) is 0 Å². The SMILES string of the molecule is CC(C)c1c(C(N)=O)nn2c(N3CCOCC3)cc(-n3ccc(-c4ccccc4)n3)nc12. The number of fused-ring (bicyclic) bond motifs is 1. The molecule has 4 aromatic rings. The molecule has 9 nitrogen and oxygen atoms in total. The molecule has 1 saturated heterocycles. The fourth-order valence-corrected chi connectivity index (χ4v) is 4.07. The zero-order chi connectivity index (χ0) is 22.2. The Morgan fingerprint density at radius 2 is 1.84 bits per heavy atom. The molecule has 1 aliphatic rings. The first-order chi connectivity index (χ1) is 15.5. The average Bonchev–Trinajstić information content (AvgIpc) is 3.45. The summed E-state index contributed by atoms with van der Waals surface area (Å²) in [7, 11) is 0. The first-order valence-corrected chi connectivity index (χ1v) is 10.7. The largest absolute Gasteiger partial charge is 0.378 e. The number of ether oxygens (including phenoxy) is 1. The first kappa shape index (κ1) is 20.2. The maximum atomic E-state index is 12.2. The molecule has 32 heavy (non-hydrogen) atoms. The standard InChI is InChI=1S/C23H25N7O2/c1-15(2)20-21(22(24)31)27-30-19(28-10-12-32-13-11-28)14-18(25-23(20)30)29-9-8-17(26-29)16-6-4-3-5-7-16/h3-9,14-15H,10-13H2,1-2H3,(H2,24,31). The summed E-state index contributed by atoms with van der Waals surface area (Å²) in [6, 6.07) is 13.9. The Hall–Kier alpha value is -3.72. The van der Waals surface area contributed by atoms with Crippen molar-refractivity contribution in [3.05, 3.63) is 59.9 Å². The molecule has 0 bridgehead atoms. The second kappa shape index (κ2) is 8.08. The molecule has 1 fully saturated rings. The lowest BCUT2D eigenvalue weighted by atomic mass is 10.0. The van der Waals surface area contributed by atoms with Gasteiger partial charge in [0.2, 0.25) is 0 Å². The van der Waals surface area contributed by atoms with Crippen LogP contribution in [-0.4, -0.2) is 56.6 Å². The zero-order valence-electron chi connectivity index (χ0n) is 18.1. The number of benzene rings is 1. The Bertz CT molecular complexity index is 1270. The summed E-state index contributed by atoms with van der Waals surface area (Å²) in [6.45, 7) is 6.70. The van der Waals surface area contributed by atoms with Crippen LogP contribution >= 0.6 is 0 Å². The van der Waals surface area contributed by atoms with Gasteiger partial charge in [0.1, 0.15) is 5.82 Å². The van der Waals surface area contributed by atoms with E-state index in [1.165, 1.54) is 0 Å². The minimum Gasteiger partial charge on any atom is -0.378 e. The van der Waals surface area contributed by atoms with E-state index in [0.717, 1.165) is 35.7 Å². The molecule has 3 aromatic heterocycles. The van der Waals surface area contributed by atoms with Gasteiger partial charge in [-0.1, -0.05) is 44.2 Å². The summed E-state index contributed by atoms with van der Waals surface area (Å²) in [5.74, 6) is 0.949. The third kappa shape index (κ3) is 3.50. The molecule has 5 rings (SSSR count). The highest BCUT2D eigenvalue weighted by molar-refractivity contribution is 5.94. The van der Waals surface area contributed by atoms with Gasteiger partial charge >= 0.3 is 0 Å². The van der Waals surface area contributed by atoms with E-state index in [-0.39, 0.29) is 11.6 Å². The van der Waals surface area contributed by atoms with Gasteiger partial charge in [-0.05, 0) is 12.0 Å². The highest BCUT2D eigenvalue weighted by Gasteiger charge is 2.26. The van der Waals surface area contributed by atoms with Crippen LogP contribution in [0.25, 0.3) is 22.7 Å². The van der Waals surface area contributed by atoms with Crippen molar-refractivity contribution in [1.29, 1.82) is 0 Å². The Kier molecular flexibility index (Phi) is 5.10. The summed E-state index contributed by atoms with van der Waals surface area (Å²) < 4.78 is 9.01. The number of nitrogens with two attached hydrogens (primary N) is 1. The molecule has 164 valence electrons. The van der Waals surface area contributed by atoms with Crippen molar-refractivity contribution in [2.45, 2.75) is 19.8 Å². The van der Waals surface area contributed by atoms with Gasteiger partial charge in [-0.25, -0.2) is 9.67 Å². The van der Waals surface area contributed by atoms with Gasteiger partial charge in [-0.2, -0.15) is 14.7 Å². The summed E-state index contributed by atoms with van der Waals surface area (Å²) in [5, 5.41) is 9.31. The molecule has 0 unspecified atom stereocenters. The summed E-state index contributed by atoms with van der Waals surface area (Å²) >= 11 is 0. The Morgan fingerprint density at radius 1 is 1.09 bits per heavy atom. The number of anilines is 1. The van der Waals surface area contributed by atoms with Crippen LogP contribution in [0.2, 0.25) is 0 Å². The van der Waals surface area contributed by atoms with Gasteiger partial charge in [0.25, 0.3) is 5.91 Å². The van der Waals surface area contributed by atoms with E-state index in [9.17, 15) is 4.79 Å². The van der Waals surface area contributed by atoms with Gasteiger partial charge in [0.15, 0.2) is 17.2 Å². The lowest BCUT2D eigenvalue weighted by Crippen LogP contribution is -2.37. The molecule has 1 aromatic carbocycles. The number of rotatable bonds is 5. The van der Waals surface area contributed by atoms with Crippen molar-refractivity contribution in [3.63, 3.8) is 0 Å². The number of carbonyl (C=O) groups excluding carboxylic acids is 1. The second-order valence-corrected chi connectivity index (χ2v) is 8.10. The van der Waals surface area contributed by atoms with E-state index < -0.39 is 5.91 Å². The van der Waals surface area contributed by atoms with Crippen molar-refractivity contribution in [1.82, 2.24) is 24.4 Å². The fraction of sp³-hybridized carbons (Fsp3) is 0.304. The minimum absolute atomic E-state index is 0.0211. The summed E-state index contributed by atoms with van der Waals surface area (Å²) in [6.07, 6.45) is 1.89. The van der Waals surface area contributed by atoms with Crippen LogP contribution in [0.4, 0.5) is 5.82 Å². The van der Waals surface area contributed by atoms with E-state index in [1.54, 1.807) is 9.20 Å². The molecule has 0 radical (unpaired) electrons. The number of primary amides is 1. The van der Waals surface area contributed by atoms with Gasteiger partial charge in [-0.3, -0.25) is 4.79 Å². The Labute approximate surface area is 185 Å². The van der Waals surface area contributed by atoms with E-state index in [4.69, 9.17) is 20.6 Å². The van der Waals surface area contributed by atoms with Crippen LogP contribution < -0.4 is 10.6 Å². The molecule has 0 atom stereocenters. The van der Waals surface area contributed by atoms with E-state index in [1.807, 2.05) is 62.5 Å². The van der Waals surface area contributed by atoms with Gasteiger partial charge in [0, 0.05) is 36.5 Å². The van der Waals surface area contributed by atoms with Crippen molar-refractivity contribution < 1.29 is 9.53 Å². The average molecular weight is 432 g/mol. The number of morpholine rings is 1. The zero-order valence-corrected chi connectivity index (χ0v) is 18.1. The molecule has 2 N–H and O–H groups in total. The van der Waals surface area contributed by atoms with Crippen LogP contribution in [0.3, 0.4) is 0 Å². The van der Waals surface area contributed by atoms with Crippen LogP contribution in [0.15, 0.2) is 48.7 Å². The maximum Gasteiger partial charge on any atom is 0.269 e. The highest BCUT2D eigenvalue weighted by Crippen LogP contribution is 2.29. The van der Waals surface area contributed by atoms with Crippen molar-refractivity contribution >= 4 is 17.4 Å². The van der Waals surface area contributed by atoms with Crippen LogP contribution in [0.1, 0.15) is 35.8 Å². The quantitative estimate of drug-likeness (QED) is 0.521. The topological polar surface area (TPSA) is 104 Å². The molecule has 1 amide bonds. The highest BCUT2D eigenvalue weighted by atomic mass is 16.5. The molecule has 1 aliphatic heterocycles. The first-order valence-electron chi connectivity index (χ1n) is 10.7. The van der Waals surface area contributed by atoms with Crippen LogP contribution in [0.5, 0.6) is 0 Å². The van der Waals surface area contributed by atoms with Gasteiger partial charge < -0.3 is 15.4 Å². The lowest BCUT2D eigenvalue weighted by molar-refractivity contribution is 0.0994. The van der Waals surface area contributed by atoms with Crippen molar-refractivity contribution in [2.24, 2.45) is 5.73 Å². The smallest absolute Gasteiger partial charge is 0.269 e. The van der Waals surface area contributed by atoms with Gasteiger partial charge in [0.05, 0.1) is 18.9 Å². The van der Waals surface area contributed by atoms with E-state index in [2.05, 4.69) is 10.00 Å². The molecule has 0 aliphatic carbocycles. The number of carbonyl (C=O) groups is 1. The predicted octanol–water partition coefficient (Wildman–Crippen LogP) is 2.64. The van der Waals surface area contributed by atoms with Crippen LogP contribution in [-0.2, 0) is 4.74 Å². The number of amides is 1. The number of hydrogen-bond acceptors (Lipinski definition) is 6. The molecule has 0 saturated carbocycles. The second-order valence-electron chi connectivity index (χ2n) is 8.10.